The van der Waals surface area contributed by atoms with Crippen molar-refractivity contribution in [2.24, 2.45) is 11.7 Å². The smallest absolute Gasteiger partial charge is 0.411 e. The van der Waals surface area contributed by atoms with E-state index in [0.717, 1.165) is 18.4 Å². The molecule has 1 amide bonds. The molecule has 7 N–H and O–H groups in total. The lowest BCUT2D eigenvalue weighted by atomic mass is 9.92. The van der Waals surface area contributed by atoms with Gasteiger partial charge in [0.05, 0.1) is 29.7 Å². The molecule has 18 heteroatoms. The number of likely N-dealkylation sites (tertiary alicyclic amines) is 1. The van der Waals surface area contributed by atoms with E-state index in [1.807, 2.05) is 11.8 Å². The van der Waals surface area contributed by atoms with E-state index in [2.05, 4.69) is 0 Å². The molecule has 3 heterocycles. The van der Waals surface area contributed by atoms with Gasteiger partial charge in [-0.05, 0) is 62.6 Å². The summed E-state index contributed by atoms with van der Waals surface area (Å²) in [6, 6.07) is 1.16. The number of carboxylic acids is 1. The Labute approximate surface area is 264 Å². The number of hydrogen-bond acceptors (Lipinski definition) is 9. The summed E-state index contributed by atoms with van der Waals surface area (Å²) in [5, 5.41) is 6.59. The fraction of sp³-hybridized carbons (Fsp3) is 0.607. The van der Waals surface area contributed by atoms with E-state index in [4.69, 9.17) is 15.2 Å². The number of ether oxygens (including phenoxy) is 2. The van der Waals surface area contributed by atoms with Gasteiger partial charge in [-0.3, -0.25) is 13.9 Å². The van der Waals surface area contributed by atoms with Crippen molar-refractivity contribution in [3.63, 3.8) is 0 Å². The van der Waals surface area contributed by atoms with Crippen LogP contribution in [0, 0.1) is 5.92 Å². The third kappa shape index (κ3) is 5.85. The Kier molecular flexibility index (Phi) is 9.39. The number of carbonyl (C=O) groups excluding carboxylic acids is 1. The summed E-state index contributed by atoms with van der Waals surface area (Å²) < 4.78 is 37.9. The van der Waals surface area contributed by atoms with Crippen molar-refractivity contribution in [3.8, 4) is 5.75 Å². The normalized spacial score (nSPS) is 20.6. The van der Waals surface area contributed by atoms with Crippen LogP contribution >= 0.6 is 15.2 Å². The Morgan fingerprint density at radius 2 is 1.78 bits per heavy atom. The van der Waals surface area contributed by atoms with Gasteiger partial charge in [0.15, 0.2) is 5.75 Å². The predicted octanol–water partition coefficient (Wildman–Crippen LogP) is 2.39. The number of aromatic nitrogens is 1. The Morgan fingerprint density at radius 1 is 1.11 bits per heavy atom. The van der Waals surface area contributed by atoms with Crippen LogP contribution in [0.15, 0.2) is 17.1 Å². The van der Waals surface area contributed by atoms with Crippen LogP contribution in [0.25, 0.3) is 10.9 Å². The van der Waals surface area contributed by atoms with Crippen molar-refractivity contribution in [3.05, 3.63) is 33.6 Å². The number of aryl methyl sites for hydroxylation is 1. The summed E-state index contributed by atoms with van der Waals surface area (Å²) in [6.45, 7) is 2.55. The van der Waals surface area contributed by atoms with Gasteiger partial charge in [-0.2, -0.15) is 0 Å². The molecular weight excluding hydrogens is 646 g/mol. The molecule has 2 aromatic rings. The van der Waals surface area contributed by atoms with Crippen LogP contribution in [0.2, 0.25) is 0 Å². The maximum atomic E-state index is 13.6. The van der Waals surface area contributed by atoms with Gasteiger partial charge in [-0.25, -0.2) is 9.59 Å². The number of fused-ring (bicyclic) bond motifs is 2. The topological polar surface area (TPSA) is 242 Å². The average Bonchev–Trinajstić information content (AvgIpc) is 3.74. The van der Waals surface area contributed by atoms with Gasteiger partial charge in [-0.15, -0.1) is 0 Å². The second kappa shape index (κ2) is 12.6. The molecule has 0 radical (unpaired) electrons. The lowest BCUT2D eigenvalue weighted by Crippen LogP contribution is -2.51. The number of anilines is 1. The highest BCUT2D eigenvalue weighted by Crippen LogP contribution is 2.71. The first-order valence-electron chi connectivity index (χ1n) is 15.2. The number of piperidine rings is 1. The largest absolute Gasteiger partial charge is 0.492 e. The van der Waals surface area contributed by atoms with E-state index in [1.165, 1.54) is 18.2 Å². The summed E-state index contributed by atoms with van der Waals surface area (Å²) in [5.74, 6) is -1.05. The molecule has 2 atom stereocenters. The first-order valence-corrected chi connectivity index (χ1v) is 18.4. The molecule has 0 bridgehead atoms. The van der Waals surface area contributed by atoms with Gasteiger partial charge < -0.3 is 54.3 Å². The highest BCUT2D eigenvalue weighted by molar-refractivity contribution is 7.72. The standard InChI is InChI=1S/C28H40N4O12P2/c1-3-16-12-19-23(32(18-7-8-18)14-20(24(19)33)26(34)35)25(43-2)22(16)30-13-17-6-4-11-31(21(17)15-30)27(36)44-28(9-5-10-29,45(37,38)39)46(40,41)42/h12,14,17-18,21H,3-11,13,15,29H2,1-2H3,(H,34,35)(H2,37,38,39)(H2,40,41,42)/t17?,21-/m0/s1. The molecule has 3 fully saturated rings. The fourth-order valence-electron chi connectivity index (χ4n) is 6.88. The number of carbonyl (C=O) groups is 2. The van der Waals surface area contributed by atoms with Crippen LogP contribution in [0.4, 0.5) is 10.5 Å². The zero-order valence-corrected chi connectivity index (χ0v) is 27.4. The van der Waals surface area contributed by atoms with Crippen molar-refractivity contribution in [2.75, 3.05) is 38.2 Å². The second-order valence-corrected chi connectivity index (χ2v) is 16.1. The van der Waals surface area contributed by atoms with Gasteiger partial charge >= 0.3 is 32.3 Å². The Morgan fingerprint density at radius 3 is 2.33 bits per heavy atom. The molecule has 5 rings (SSSR count). The van der Waals surface area contributed by atoms with E-state index in [-0.39, 0.29) is 49.0 Å². The minimum absolute atomic E-state index is 0.00410. The molecule has 1 aromatic carbocycles. The Bertz CT molecular complexity index is 1680. The van der Waals surface area contributed by atoms with Crippen molar-refractivity contribution in [1.29, 1.82) is 0 Å². The molecule has 16 nitrogen and oxygen atoms in total. The van der Waals surface area contributed by atoms with Crippen LogP contribution in [-0.2, 0) is 20.3 Å². The van der Waals surface area contributed by atoms with E-state index in [0.29, 0.717) is 42.8 Å². The molecular formula is C28H40N4O12P2. The lowest BCUT2D eigenvalue weighted by Gasteiger charge is -2.40. The highest BCUT2D eigenvalue weighted by atomic mass is 31.2. The van der Waals surface area contributed by atoms with Crippen LogP contribution in [0.3, 0.4) is 0 Å². The maximum Gasteiger partial charge on any atom is 0.411 e. The highest BCUT2D eigenvalue weighted by Gasteiger charge is 2.64. The van der Waals surface area contributed by atoms with Crippen LogP contribution in [0.1, 0.15) is 67.4 Å². The third-order valence-electron chi connectivity index (χ3n) is 9.28. The van der Waals surface area contributed by atoms with E-state index in [1.54, 1.807) is 10.6 Å². The number of hydrogen-bond donors (Lipinski definition) is 6. The molecule has 1 aliphatic carbocycles. The first-order chi connectivity index (χ1) is 21.6. The van der Waals surface area contributed by atoms with Crippen LogP contribution < -0.4 is 20.8 Å². The number of aromatic carboxylic acids is 1. The van der Waals surface area contributed by atoms with Crippen molar-refractivity contribution >= 4 is 43.8 Å². The number of carboxylic acid groups (broad SMARTS) is 1. The molecule has 0 spiro atoms. The molecule has 1 unspecified atom stereocenters. The second-order valence-electron chi connectivity index (χ2n) is 12.1. The van der Waals surface area contributed by atoms with Gasteiger partial charge in [0.2, 0.25) is 5.43 Å². The third-order valence-corrected chi connectivity index (χ3v) is 13.3. The monoisotopic (exact) mass is 686 g/mol. The summed E-state index contributed by atoms with van der Waals surface area (Å²) in [4.78, 5) is 82.4. The summed E-state index contributed by atoms with van der Waals surface area (Å²) in [7, 11) is -9.92. The zero-order valence-electron chi connectivity index (χ0n) is 25.6. The van der Waals surface area contributed by atoms with Crippen molar-refractivity contribution in [1.82, 2.24) is 9.47 Å². The summed E-state index contributed by atoms with van der Waals surface area (Å²) in [6.07, 6.45) is 2.37. The Hall–Kier alpha value is -2.97. The fourth-order valence-corrected chi connectivity index (χ4v) is 9.53. The van der Waals surface area contributed by atoms with E-state index in [9.17, 15) is 48.2 Å². The van der Waals surface area contributed by atoms with Crippen molar-refractivity contribution < 1.29 is 52.9 Å². The summed E-state index contributed by atoms with van der Waals surface area (Å²) in [5.41, 5.74) is 6.40. The number of benzene rings is 1. The molecule has 1 saturated carbocycles. The quantitative estimate of drug-likeness (QED) is 0.186. The van der Waals surface area contributed by atoms with Gasteiger partial charge in [0.1, 0.15) is 5.56 Å². The molecule has 2 aliphatic heterocycles. The van der Waals surface area contributed by atoms with Gasteiger partial charge in [0.25, 0.3) is 0 Å². The number of amides is 1. The molecule has 254 valence electrons. The summed E-state index contributed by atoms with van der Waals surface area (Å²) >= 11 is 0. The Balaban J connectivity index is 1.55. The number of pyridine rings is 1. The van der Waals surface area contributed by atoms with Gasteiger partial charge in [0, 0.05) is 38.3 Å². The molecule has 1 aromatic heterocycles. The van der Waals surface area contributed by atoms with E-state index < -0.39 is 50.2 Å². The van der Waals surface area contributed by atoms with Crippen LogP contribution in [-0.4, -0.2) is 90.6 Å². The molecule has 3 aliphatic rings. The van der Waals surface area contributed by atoms with Gasteiger partial charge in [-0.1, -0.05) is 6.92 Å². The SMILES string of the molecule is CCc1cc2c(=O)c(C(=O)O)cn(C3CC3)c2c(OC)c1N1CC2CCCN(C(=O)OC(CCCN)(P(=O)(O)O)P(=O)(O)O)[C@H]2C1. The number of rotatable bonds is 11. The predicted molar refractivity (Wildman–Crippen MR) is 166 cm³/mol. The zero-order chi connectivity index (χ0) is 33.8. The number of nitrogens with two attached hydrogens (primary N) is 1. The van der Waals surface area contributed by atoms with Crippen molar-refractivity contribution in [2.45, 2.75) is 69.0 Å². The van der Waals surface area contributed by atoms with Crippen LogP contribution in [0.5, 0.6) is 5.75 Å². The number of nitrogens with zero attached hydrogens (tertiary/aromatic N) is 3. The minimum atomic E-state index is -5.70. The number of methoxy groups -OCH3 is 1. The lowest BCUT2D eigenvalue weighted by molar-refractivity contribution is 0.0250. The molecule has 46 heavy (non-hydrogen) atoms. The minimum Gasteiger partial charge on any atom is -0.492 e. The average molecular weight is 687 g/mol. The van der Waals surface area contributed by atoms with E-state index >= 15 is 0 Å². The molecule has 2 saturated heterocycles. The first kappa shape index (κ1) is 34.4. The maximum absolute atomic E-state index is 13.6.